The Labute approximate surface area is 102 Å². The number of nitrogens with one attached hydrogen (secondary N) is 1. The van der Waals surface area contributed by atoms with Crippen molar-refractivity contribution in [2.45, 2.75) is 57.5 Å². The highest BCUT2D eigenvalue weighted by molar-refractivity contribution is 5.97. The normalized spacial score (nSPS) is 37.4. The summed E-state index contributed by atoms with van der Waals surface area (Å²) < 4.78 is 5.16. The zero-order valence-corrected chi connectivity index (χ0v) is 10.4. The van der Waals surface area contributed by atoms with E-state index in [0.29, 0.717) is 38.0 Å². The van der Waals surface area contributed by atoms with Crippen molar-refractivity contribution in [2.24, 2.45) is 5.41 Å². The van der Waals surface area contributed by atoms with Crippen molar-refractivity contribution in [3.63, 3.8) is 0 Å². The lowest BCUT2D eigenvalue weighted by Crippen LogP contribution is -2.62. The lowest BCUT2D eigenvalue weighted by atomic mass is 9.55. The molecule has 0 aromatic carbocycles. The van der Waals surface area contributed by atoms with Gasteiger partial charge in [0.2, 0.25) is 0 Å². The Hall–Kier alpha value is -0.900. The second-order valence-corrected chi connectivity index (χ2v) is 5.20. The van der Waals surface area contributed by atoms with E-state index in [2.05, 4.69) is 0 Å². The summed E-state index contributed by atoms with van der Waals surface area (Å²) in [7, 11) is 0. The van der Waals surface area contributed by atoms with Crippen LogP contribution in [-0.4, -0.2) is 29.0 Å². The highest BCUT2D eigenvalue weighted by Crippen LogP contribution is 2.52. The number of esters is 1. The highest BCUT2D eigenvalue weighted by atomic mass is 16.5. The van der Waals surface area contributed by atoms with Crippen LogP contribution < -0.4 is 0 Å². The van der Waals surface area contributed by atoms with Gasteiger partial charge in [-0.1, -0.05) is 12.8 Å². The second kappa shape index (κ2) is 4.41. The maximum absolute atomic E-state index is 12.2. The van der Waals surface area contributed by atoms with Gasteiger partial charge in [0, 0.05) is 5.71 Å². The molecule has 4 nitrogen and oxygen atoms in total. The summed E-state index contributed by atoms with van der Waals surface area (Å²) in [5.41, 5.74) is -1.75. The highest BCUT2D eigenvalue weighted by Gasteiger charge is 2.61. The Morgan fingerprint density at radius 3 is 2.71 bits per heavy atom. The Bertz CT molecular complexity index is 338. The fourth-order valence-corrected chi connectivity index (χ4v) is 3.44. The summed E-state index contributed by atoms with van der Waals surface area (Å²) >= 11 is 0. The maximum Gasteiger partial charge on any atom is 0.315 e. The minimum atomic E-state index is -1.24. The van der Waals surface area contributed by atoms with Crippen LogP contribution in [-0.2, 0) is 9.53 Å². The lowest BCUT2D eigenvalue weighted by molar-refractivity contribution is -0.176. The molecule has 0 bridgehead atoms. The van der Waals surface area contributed by atoms with E-state index >= 15 is 0 Å². The van der Waals surface area contributed by atoms with Gasteiger partial charge in [-0.2, -0.15) is 0 Å². The molecular formula is C13H21NO3. The van der Waals surface area contributed by atoms with Gasteiger partial charge in [-0.25, -0.2) is 0 Å². The summed E-state index contributed by atoms with van der Waals surface area (Å²) in [5.74, 6) is -0.299. The molecule has 2 atom stereocenters. The van der Waals surface area contributed by atoms with Gasteiger partial charge >= 0.3 is 5.97 Å². The fraction of sp³-hybridized carbons (Fsp3) is 0.846. The first-order chi connectivity index (χ1) is 8.07. The van der Waals surface area contributed by atoms with Crippen molar-refractivity contribution in [1.29, 1.82) is 5.41 Å². The molecule has 0 amide bonds. The van der Waals surface area contributed by atoms with Gasteiger partial charge in [-0.15, -0.1) is 0 Å². The van der Waals surface area contributed by atoms with Crippen molar-refractivity contribution < 1.29 is 14.6 Å². The minimum Gasteiger partial charge on any atom is -0.465 e. The Morgan fingerprint density at radius 1 is 1.35 bits per heavy atom. The molecular weight excluding hydrogens is 218 g/mol. The Kier molecular flexibility index (Phi) is 3.25. The maximum atomic E-state index is 12.2. The molecule has 2 aliphatic rings. The number of hydrogen-bond donors (Lipinski definition) is 2. The third-order valence-electron chi connectivity index (χ3n) is 4.38. The number of ether oxygens (including phenoxy) is 1. The molecule has 17 heavy (non-hydrogen) atoms. The monoisotopic (exact) mass is 239 g/mol. The van der Waals surface area contributed by atoms with Gasteiger partial charge in [0.1, 0.15) is 11.0 Å². The largest absolute Gasteiger partial charge is 0.465 e. The molecule has 0 heterocycles. The average molecular weight is 239 g/mol. The molecule has 2 aliphatic carbocycles. The van der Waals surface area contributed by atoms with Crippen LogP contribution in [0.15, 0.2) is 0 Å². The number of hydrogen-bond acceptors (Lipinski definition) is 4. The molecule has 2 saturated carbocycles. The average Bonchev–Trinajstić information content (AvgIpc) is 2.31. The van der Waals surface area contributed by atoms with Crippen LogP contribution in [0.3, 0.4) is 0 Å². The van der Waals surface area contributed by atoms with E-state index in [1.165, 1.54) is 0 Å². The molecule has 0 aliphatic heterocycles. The van der Waals surface area contributed by atoms with Crippen LogP contribution in [0.5, 0.6) is 0 Å². The molecule has 2 fully saturated rings. The number of fused-ring (bicyclic) bond motifs is 1. The van der Waals surface area contributed by atoms with Crippen LogP contribution in [0.4, 0.5) is 0 Å². The first kappa shape index (κ1) is 12.6. The molecule has 0 aromatic heterocycles. The van der Waals surface area contributed by atoms with E-state index in [0.717, 1.165) is 19.3 Å². The van der Waals surface area contributed by atoms with E-state index in [4.69, 9.17) is 10.1 Å². The predicted molar refractivity (Wildman–Crippen MR) is 64.1 cm³/mol. The smallest absolute Gasteiger partial charge is 0.315 e. The van der Waals surface area contributed by atoms with Crippen LogP contribution in [0.2, 0.25) is 0 Å². The molecule has 0 radical (unpaired) electrons. The Morgan fingerprint density at radius 2 is 2.00 bits per heavy atom. The van der Waals surface area contributed by atoms with Gasteiger partial charge in [0.05, 0.1) is 6.61 Å². The SMILES string of the molecule is CCOC(=O)C12CCCCC1(O)C(=N)CCC2. The number of aliphatic hydroxyl groups is 1. The van der Waals surface area contributed by atoms with Crippen molar-refractivity contribution in [1.82, 2.24) is 0 Å². The summed E-state index contributed by atoms with van der Waals surface area (Å²) in [6.45, 7) is 2.12. The standard InChI is InChI=1S/C13H21NO3/c1-2-17-11(15)12-7-3-4-9-13(12,16)10(14)6-5-8-12/h14,16H,2-9H2,1H3. The topological polar surface area (TPSA) is 70.4 Å². The number of carbonyl (C=O) groups excluding carboxylic acids is 1. The quantitative estimate of drug-likeness (QED) is 0.724. The zero-order valence-electron chi connectivity index (χ0n) is 10.4. The first-order valence-corrected chi connectivity index (χ1v) is 6.54. The van der Waals surface area contributed by atoms with Crippen molar-refractivity contribution >= 4 is 11.7 Å². The van der Waals surface area contributed by atoms with Gasteiger partial charge < -0.3 is 15.3 Å². The second-order valence-electron chi connectivity index (χ2n) is 5.20. The van der Waals surface area contributed by atoms with E-state index < -0.39 is 11.0 Å². The van der Waals surface area contributed by atoms with Gasteiger partial charge in [-0.3, -0.25) is 4.79 Å². The molecule has 4 heteroatoms. The molecule has 2 N–H and O–H groups in total. The summed E-state index contributed by atoms with van der Waals surface area (Å²) in [6, 6.07) is 0. The summed E-state index contributed by atoms with van der Waals surface area (Å²) in [4.78, 5) is 12.2. The molecule has 2 unspecified atom stereocenters. The molecule has 0 saturated heterocycles. The molecule has 0 spiro atoms. The van der Waals surface area contributed by atoms with Crippen LogP contribution in [0.1, 0.15) is 51.9 Å². The van der Waals surface area contributed by atoms with Crippen LogP contribution in [0.25, 0.3) is 0 Å². The van der Waals surface area contributed by atoms with E-state index in [9.17, 15) is 9.90 Å². The number of carbonyl (C=O) groups is 1. The van der Waals surface area contributed by atoms with E-state index in [1.807, 2.05) is 0 Å². The molecule has 96 valence electrons. The third-order valence-corrected chi connectivity index (χ3v) is 4.38. The summed E-state index contributed by atoms with van der Waals surface area (Å²) in [5, 5.41) is 18.8. The first-order valence-electron chi connectivity index (χ1n) is 6.54. The van der Waals surface area contributed by atoms with Crippen LogP contribution in [0, 0.1) is 10.8 Å². The fourth-order valence-electron chi connectivity index (χ4n) is 3.44. The predicted octanol–water partition coefficient (Wildman–Crippen LogP) is 2.04. The van der Waals surface area contributed by atoms with Crippen molar-refractivity contribution in [3.05, 3.63) is 0 Å². The van der Waals surface area contributed by atoms with Crippen LogP contribution >= 0.6 is 0 Å². The van der Waals surface area contributed by atoms with Crippen molar-refractivity contribution in [2.75, 3.05) is 6.61 Å². The van der Waals surface area contributed by atoms with Gasteiger partial charge in [0.25, 0.3) is 0 Å². The Balaban J connectivity index is 2.37. The van der Waals surface area contributed by atoms with E-state index in [-0.39, 0.29) is 5.97 Å². The molecule has 2 rings (SSSR count). The summed E-state index contributed by atoms with van der Waals surface area (Å²) in [6.07, 6.45) is 5.09. The number of rotatable bonds is 2. The third kappa shape index (κ3) is 1.69. The van der Waals surface area contributed by atoms with Crippen molar-refractivity contribution in [3.8, 4) is 0 Å². The zero-order chi connectivity index (χ0) is 12.5. The molecule has 0 aromatic rings. The van der Waals surface area contributed by atoms with E-state index in [1.54, 1.807) is 6.92 Å². The van der Waals surface area contributed by atoms with Gasteiger partial charge in [0.15, 0.2) is 0 Å². The lowest BCUT2D eigenvalue weighted by Gasteiger charge is -2.51. The minimum absolute atomic E-state index is 0.299. The van der Waals surface area contributed by atoms with Gasteiger partial charge in [-0.05, 0) is 39.0 Å².